The van der Waals surface area contributed by atoms with E-state index in [0.717, 1.165) is 22.5 Å². The van der Waals surface area contributed by atoms with Gasteiger partial charge in [0.15, 0.2) is 0 Å². The summed E-state index contributed by atoms with van der Waals surface area (Å²) in [4.78, 5) is 5.81. The van der Waals surface area contributed by atoms with Crippen molar-refractivity contribution < 1.29 is 0 Å². The summed E-state index contributed by atoms with van der Waals surface area (Å²) >= 11 is 5.22. The van der Waals surface area contributed by atoms with Crippen LogP contribution in [0.5, 0.6) is 0 Å². The number of pyridine rings is 1. The van der Waals surface area contributed by atoms with Gasteiger partial charge in [-0.1, -0.05) is 0 Å². The average molecular weight is 297 g/mol. The minimum absolute atomic E-state index is 0.845. The van der Waals surface area contributed by atoms with Gasteiger partial charge in [0.1, 0.15) is 5.82 Å². The van der Waals surface area contributed by atoms with Crippen LogP contribution in [0.4, 0.5) is 5.82 Å². The Labute approximate surface area is 108 Å². The van der Waals surface area contributed by atoms with Gasteiger partial charge < -0.3 is 5.32 Å². The van der Waals surface area contributed by atoms with Crippen molar-refractivity contribution >= 4 is 33.1 Å². The summed E-state index contributed by atoms with van der Waals surface area (Å²) in [5.41, 5.74) is 2.35. The fourth-order valence-electron chi connectivity index (χ4n) is 1.40. The van der Waals surface area contributed by atoms with Crippen molar-refractivity contribution in [3.8, 4) is 0 Å². The number of anilines is 1. The molecule has 0 fully saturated rings. The molecule has 0 atom stereocenters. The molecule has 0 spiro atoms. The van der Waals surface area contributed by atoms with E-state index in [2.05, 4.69) is 44.6 Å². The highest BCUT2D eigenvalue weighted by atomic mass is 79.9. The first kappa shape index (κ1) is 11.6. The maximum Gasteiger partial charge on any atom is 0.126 e. The molecule has 2 aromatic heterocycles. The van der Waals surface area contributed by atoms with Crippen molar-refractivity contribution in [2.75, 3.05) is 5.32 Å². The van der Waals surface area contributed by atoms with Crippen LogP contribution in [0, 0.1) is 13.8 Å². The monoisotopic (exact) mass is 296 g/mol. The minimum atomic E-state index is 0.845. The number of thiophene rings is 1. The molecule has 0 unspecified atom stereocenters. The third-order valence-electron chi connectivity index (χ3n) is 2.42. The van der Waals surface area contributed by atoms with E-state index in [1.165, 1.54) is 10.4 Å². The first-order valence-electron chi connectivity index (χ1n) is 5.07. The number of nitrogens with zero attached hydrogens (tertiary/aromatic N) is 1. The summed E-state index contributed by atoms with van der Waals surface area (Å²) in [5.74, 6) is 0.925. The number of aromatic nitrogens is 1. The number of aryl methyl sites for hydroxylation is 2. The van der Waals surface area contributed by atoms with E-state index >= 15 is 0 Å². The second-order valence-electron chi connectivity index (χ2n) is 3.64. The SMILES string of the molecule is Cc1ccsc1CNc1ccc(Br)c(C)n1. The molecule has 0 saturated carbocycles. The lowest BCUT2D eigenvalue weighted by Gasteiger charge is -2.06. The largest absolute Gasteiger partial charge is 0.365 e. The quantitative estimate of drug-likeness (QED) is 0.921. The maximum atomic E-state index is 4.45. The van der Waals surface area contributed by atoms with Gasteiger partial charge in [0.05, 0.1) is 12.2 Å². The van der Waals surface area contributed by atoms with E-state index in [9.17, 15) is 0 Å². The van der Waals surface area contributed by atoms with Crippen LogP contribution in [0.2, 0.25) is 0 Å². The number of hydrogen-bond acceptors (Lipinski definition) is 3. The summed E-state index contributed by atoms with van der Waals surface area (Å²) in [7, 11) is 0. The molecule has 84 valence electrons. The van der Waals surface area contributed by atoms with Gasteiger partial charge in [0.25, 0.3) is 0 Å². The van der Waals surface area contributed by atoms with Gasteiger partial charge in [-0.25, -0.2) is 4.98 Å². The fraction of sp³-hybridized carbons (Fsp3) is 0.250. The van der Waals surface area contributed by atoms with Crippen LogP contribution in [0.15, 0.2) is 28.1 Å². The molecule has 0 aliphatic rings. The zero-order valence-electron chi connectivity index (χ0n) is 9.25. The van der Waals surface area contributed by atoms with Crippen LogP contribution >= 0.6 is 27.3 Å². The molecule has 0 amide bonds. The highest BCUT2D eigenvalue weighted by Crippen LogP contribution is 2.19. The molecule has 0 saturated heterocycles. The lowest BCUT2D eigenvalue weighted by atomic mass is 10.3. The zero-order valence-corrected chi connectivity index (χ0v) is 11.7. The lowest BCUT2D eigenvalue weighted by molar-refractivity contribution is 1.09. The standard InChI is InChI=1S/C12H13BrN2S/c1-8-5-6-16-11(8)7-14-12-4-3-10(13)9(2)15-12/h3-6H,7H2,1-2H3,(H,14,15). The second-order valence-corrected chi connectivity index (χ2v) is 5.50. The Morgan fingerprint density at radius 3 is 2.75 bits per heavy atom. The van der Waals surface area contributed by atoms with Crippen molar-refractivity contribution in [3.05, 3.63) is 44.2 Å². The fourth-order valence-corrected chi connectivity index (χ4v) is 2.47. The van der Waals surface area contributed by atoms with Crippen LogP contribution in [0.1, 0.15) is 16.1 Å². The molecule has 1 N–H and O–H groups in total. The maximum absolute atomic E-state index is 4.45. The molecular weight excluding hydrogens is 284 g/mol. The molecule has 2 aromatic rings. The van der Waals surface area contributed by atoms with Gasteiger partial charge in [0.2, 0.25) is 0 Å². The summed E-state index contributed by atoms with van der Waals surface area (Å²) in [6.45, 7) is 4.97. The first-order chi connectivity index (χ1) is 7.66. The number of rotatable bonds is 3. The molecule has 2 heterocycles. The van der Waals surface area contributed by atoms with Crippen molar-refractivity contribution in [1.82, 2.24) is 4.98 Å². The second kappa shape index (κ2) is 4.97. The summed E-state index contributed by atoms with van der Waals surface area (Å²) in [6, 6.07) is 6.15. The van der Waals surface area contributed by atoms with Crippen molar-refractivity contribution in [2.24, 2.45) is 0 Å². The minimum Gasteiger partial charge on any atom is -0.365 e. The lowest BCUT2D eigenvalue weighted by Crippen LogP contribution is -2.01. The Hall–Kier alpha value is -0.870. The van der Waals surface area contributed by atoms with Gasteiger partial charge in [-0.2, -0.15) is 0 Å². The van der Waals surface area contributed by atoms with Crippen molar-refractivity contribution in [3.63, 3.8) is 0 Å². The Balaban J connectivity index is 2.05. The molecule has 0 aliphatic carbocycles. The Bertz CT molecular complexity index is 494. The molecular formula is C12H13BrN2S. The molecule has 0 bridgehead atoms. The van der Waals surface area contributed by atoms with Gasteiger partial charge in [-0.15, -0.1) is 11.3 Å². The third-order valence-corrected chi connectivity index (χ3v) is 4.28. The van der Waals surface area contributed by atoms with Crippen molar-refractivity contribution in [1.29, 1.82) is 0 Å². The van der Waals surface area contributed by atoms with Gasteiger partial charge in [-0.3, -0.25) is 0 Å². The Kier molecular flexibility index (Phi) is 3.61. The topological polar surface area (TPSA) is 24.9 Å². The van der Waals surface area contributed by atoms with Crippen LogP contribution in [0.25, 0.3) is 0 Å². The van der Waals surface area contributed by atoms with Gasteiger partial charge in [0, 0.05) is 9.35 Å². The van der Waals surface area contributed by atoms with Crippen LogP contribution in [-0.2, 0) is 6.54 Å². The molecule has 0 aromatic carbocycles. The highest BCUT2D eigenvalue weighted by Gasteiger charge is 2.01. The van der Waals surface area contributed by atoms with E-state index in [1.54, 1.807) is 11.3 Å². The Morgan fingerprint density at radius 1 is 1.31 bits per heavy atom. The summed E-state index contributed by atoms with van der Waals surface area (Å²) in [5, 5.41) is 5.45. The highest BCUT2D eigenvalue weighted by molar-refractivity contribution is 9.10. The van der Waals surface area contributed by atoms with Crippen LogP contribution in [0.3, 0.4) is 0 Å². The summed E-state index contributed by atoms with van der Waals surface area (Å²) in [6.07, 6.45) is 0. The van der Waals surface area contributed by atoms with E-state index in [1.807, 2.05) is 19.1 Å². The third kappa shape index (κ3) is 2.62. The molecule has 0 radical (unpaired) electrons. The molecule has 0 aliphatic heterocycles. The van der Waals surface area contributed by atoms with Gasteiger partial charge in [-0.05, 0) is 58.9 Å². The van der Waals surface area contributed by atoms with E-state index < -0.39 is 0 Å². The average Bonchev–Trinajstić information content (AvgIpc) is 2.66. The smallest absolute Gasteiger partial charge is 0.126 e. The summed E-state index contributed by atoms with van der Waals surface area (Å²) < 4.78 is 1.05. The molecule has 2 rings (SSSR count). The van der Waals surface area contributed by atoms with E-state index in [-0.39, 0.29) is 0 Å². The van der Waals surface area contributed by atoms with Crippen molar-refractivity contribution in [2.45, 2.75) is 20.4 Å². The predicted octanol–water partition coefficient (Wildman–Crippen LogP) is 4.13. The normalized spacial score (nSPS) is 10.4. The van der Waals surface area contributed by atoms with E-state index in [4.69, 9.17) is 0 Å². The number of hydrogen-bond donors (Lipinski definition) is 1. The number of halogens is 1. The van der Waals surface area contributed by atoms with Crippen LogP contribution < -0.4 is 5.32 Å². The Morgan fingerprint density at radius 2 is 2.12 bits per heavy atom. The zero-order chi connectivity index (χ0) is 11.5. The predicted molar refractivity (Wildman–Crippen MR) is 73.1 cm³/mol. The van der Waals surface area contributed by atoms with Gasteiger partial charge >= 0.3 is 0 Å². The molecule has 2 nitrogen and oxygen atoms in total. The first-order valence-corrected chi connectivity index (χ1v) is 6.74. The van der Waals surface area contributed by atoms with E-state index in [0.29, 0.717) is 0 Å². The molecule has 16 heavy (non-hydrogen) atoms. The number of nitrogens with one attached hydrogen (secondary N) is 1. The molecule has 4 heteroatoms. The van der Waals surface area contributed by atoms with Crippen LogP contribution in [-0.4, -0.2) is 4.98 Å².